The molecular weight excluding hydrogens is 356 g/mol. The van der Waals surface area contributed by atoms with Crippen LogP contribution in [0.15, 0.2) is 29.2 Å². The third-order valence-corrected chi connectivity index (χ3v) is 5.90. The summed E-state index contributed by atoms with van der Waals surface area (Å²) in [4.78, 5) is 12.1. The molecule has 0 spiro atoms. The monoisotopic (exact) mass is 384 g/mol. The van der Waals surface area contributed by atoms with Gasteiger partial charge in [-0.3, -0.25) is 4.79 Å². The van der Waals surface area contributed by atoms with E-state index in [4.69, 9.17) is 9.47 Å². The van der Waals surface area contributed by atoms with Crippen LogP contribution in [0.2, 0.25) is 0 Å². The minimum atomic E-state index is -3.57. The Balaban J connectivity index is 1.96. The van der Waals surface area contributed by atoms with Gasteiger partial charge in [0.05, 0.1) is 17.1 Å². The van der Waals surface area contributed by atoms with Crippen molar-refractivity contribution in [2.75, 3.05) is 31.6 Å². The minimum Gasteiger partial charge on any atom is -0.382 e. The van der Waals surface area contributed by atoms with Gasteiger partial charge >= 0.3 is 0 Å². The van der Waals surface area contributed by atoms with Crippen molar-refractivity contribution < 1.29 is 22.7 Å². The van der Waals surface area contributed by atoms with Gasteiger partial charge in [0.25, 0.3) is 0 Å². The maximum absolute atomic E-state index is 12.8. The lowest BCUT2D eigenvalue weighted by molar-refractivity contribution is -0.116. The Morgan fingerprint density at radius 3 is 2.42 bits per heavy atom. The molecule has 0 aromatic heterocycles. The SMILES string of the molecule is CCOCCCC(=O)Nc1ccc(S(=O)(=O)N2C[C@@H](C)O[C@H](C)C2)cc1. The molecule has 26 heavy (non-hydrogen) atoms. The molecule has 0 radical (unpaired) electrons. The van der Waals surface area contributed by atoms with Crippen LogP contribution in [0.5, 0.6) is 0 Å². The van der Waals surface area contributed by atoms with Crippen LogP contribution in [0.3, 0.4) is 0 Å². The topological polar surface area (TPSA) is 84.9 Å². The number of amides is 1. The van der Waals surface area contributed by atoms with Crippen LogP contribution >= 0.6 is 0 Å². The predicted octanol–water partition coefficient (Wildman–Crippen LogP) is 2.24. The molecule has 0 unspecified atom stereocenters. The standard InChI is InChI=1S/C18H28N2O5S/c1-4-24-11-5-6-18(21)19-16-7-9-17(10-8-16)26(22,23)20-12-14(2)25-15(3)13-20/h7-10,14-15H,4-6,11-13H2,1-3H3,(H,19,21)/t14-,15-/m1/s1. The van der Waals surface area contributed by atoms with E-state index in [1.165, 1.54) is 16.4 Å². The maximum Gasteiger partial charge on any atom is 0.243 e. The number of hydrogen-bond acceptors (Lipinski definition) is 5. The highest BCUT2D eigenvalue weighted by atomic mass is 32.2. The Morgan fingerprint density at radius 1 is 1.23 bits per heavy atom. The zero-order valence-corrected chi connectivity index (χ0v) is 16.4. The normalized spacial score (nSPS) is 21.5. The van der Waals surface area contributed by atoms with Crippen molar-refractivity contribution in [1.29, 1.82) is 0 Å². The van der Waals surface area contributed by atoms with E-state index < -0.39 is 10.0 Å². The number of morpholine rings is 1. The number of carbonyl (C=O) groups is 1. The van der Waals surface area contributed by atoms with Crippen LogP contribution < -0.4 is 5.32 Å². The summed E-state index contributed by atoms with van der Waals surface area (Å²) in [5, 5.41) is 2.77. The largest absolute Gasteiger partial charge is 0.382 e. The third-order valence-electron chi connectivity index (χ3n) is 4.06. The number of nitrogens with one attached hydrogen (secondary N) is 1. The molecule has 2 atom stereocenters. The van der Waals surface area contributed by atoms with Crippen molar-refractivity contribution in [2.24, 2.45) is 0 Å². The van der Waals surface area contributed by atoms with E-state index in [0.29, 0.717) is 44.8 Å². The van der Waals surface area contributed by atoms with Gasteiger partial charge < -0.3 is 14.8 Å². The molecule has 1 saturated heterocycles. The summed E-state index contributed by atoms with van der Waals surface area (Å²) >= 11 is 0. The fraction of sp³-hybridized carbons (Fsp3) is 0.611. The molecule has 146 valence electrons. The number of sulfonamides is 1. The third kappa shape index (κ3) is 5.77. The second-order valence-electron chi connectivity index (χ2n) is 6.45. The van der Waals surface area contributed by atoms with Crippen molar-refractivity contribution in [2.45, 2.75) is 50.7 Å². The molecule has 1 amide bonds. The highest BCUT2D eigenvalue weighted by Gasteiger charge is 2.32. The van der Waals surface area contributed by atoms with Crippen LogP contribution in [-0.2, 0) is 24.3 Å². The Morgan fingerprint density at radius 2 is 1.85 bits per heavy atom. The summed E-state index contributed by atoms with van der Waals surface area (Å²) in [6, 6.07) is 6.27. The van der Waals surface area contributed by atoms with Gasteiger partial charge in [0, 0.05) is 38.4 Å². The van der Waals surface area contributed by atoms with E-state index in [9.17, 15) is 13.2 Å². The Hall–Kier alpha value is -1.48. The molecule has 0 saturated carbocycles. The van der Waals surface area contributed by atoms with Crippen molar-refractivity contribution in [3.63, 3.8) is 0 Å². The van der Waals surface area contributed by atoms with E-state index in [1.54, 1.807) is 12.1 Å². The first-order valence-corrected chi connectivity index (χ1v) is 10.4. The van der Waals surface area contributed by atoms with Gasteiger partial charge in [0.15, 0.2) is 0 Å². The lowest BCUT2D eigenvalue weighted by atomic mass is 10.2. The number of rotatable bonds is 8. The summed E-state index contributed by atoms with van der Waals surface area (Å²) in [6.45, 7) is 7.50. The van der Waals surface area contributed by atoms with Crippen LogP contribution in [0.4, 0.5) is 5.69 Å². The Bertz CT molecular complexity index is 680. The lowest BCUT2D eigenvalue weighted by Gasteiger charge is -2.34. The van der Waals surface area contributed by atoms with Crippen LogP contribution in [0.25, 0.3) is 0 Å². The minimum absolute atomic E-state index is 0.115. The van der Waals surface area contributed by atoms with Crippen molar-refractivity contribution in [3.05, 3.63) is 24.3 Å². The van der Waals surface area contributed by atoms with Crippen molar-refractivity contribution in [1.82, 2.24) is 4.31 Å². The smallest absolute Gasteiger partial charge is 0.243 e. The number of benzene rings is 1. The van der Waals surface area contributed by atoms with Crippen LogP contribution in [0, 0.1) is 0 Å². The number of hydrogen-bond donors (Lipinski definition) is 1. The van der Waals surface area contributed by atoms with Crippen LogP contribution in [-0.4, -0.2) is 57.1 Å². The van der Waals surface area contributed by atoms with E-state index in [1.807, 2.05) is 20.8 Å². The zero-order chi connectivity index (χ0) is 19.2. The molecular formula is C18H28N2O5S. The molecule has 1 heterocycles. The quantitative estimate of drug-likeness (QED) is 0.695. The number of carbonyl (C=O) groups excluding carboxylic acids is 1. The van der Waals surface area contributed by atoms with E-state index in [2.05, 4.69) is 5.32 Å². The van der Waals surface area contributed by atoms with E-state index >= 15 is 0 Å². The Labute approximate surface area is 155 Å². The molecule has 1 aromatic rings. The molecule has 1 aliphatic heterocycles. The summed E-state index contributed by atoms with van der Waals surface area (Å²) in [6.07, 6.45) is 0.746. The van der Waals surface area contributed by atoms with Crippen molar-refractivity contribution >= 4 is 21.6 Å². The summed E-state index contributed by atoms with van der Waals surface area (Å²) < 4.78 is 37.8. The van der Waals surface area contributed by atoms with Crippen molar-refractivity contribution in [3.8, 4) is 0 Å². The second kappa shape index (κ2) is 9.45. The molecule has 2 rings (SSSR count). The van der Waals surface area contributed by atoms with Gasteiger partial charge in [-0.1, -0.05) is 0 Å². The average molecular weight is 384 g/mol. The predicted molar refractivity (Wildman–Crippen MR) is 99.6 cm³/mol. The molecule has 0 aliphatic carbocycles. The van der Waals surface area contributed by atoms with Gasteiger partial charge in [-0.15, -0.1) is 0 Å². The zero-order valence-electron chi connectivity index (χ0n) is 15.6. The number of nitrogens with zero attached hydrogens (tertiary/aromatic N) is 1. The van der Waals surface area contributed by atoms with Crippen LogP contribution in [0.1, 0.15) is 33.6 Å². The first-order chi connectivity index (χ1) is 12.3. The van der Waals surface area contributed by atoms with E-state index in [-0.39, 0.29) is 23.0 Å². The number of ether oxygens (including phenoxy) is 2. The average Bonchev–Trinajstić information content (AvgIpc) is 2.58. The summed E-state index contributed by atoms with van der Waals surface area (Å²) in [5.74, 6) is -0.115. The summed E-state index contributed by atoms with van der Waals surface area (Å²) in [7, 11) is -3.57. The summed E-state index contributed by atoms with van der Waals surface area (Å²) in [5.41, 5.74) is 0.578. The fourth-order valence-corrected chi connectivity index (χ4v) is 4.48. The molecule has 8 heteroatoms. The fourth-order valence-electron chi connectivity index (χ4n) is 2.89. The first kappa shape index (κ1) is 20.8. The number of anilines is 1. The first-order valence-electron chi connectivity index (χ1n) is 8.96. The second-order valence-corrected chi connectivity index (χ2v) is 8.39. The molecule has 1 fully saturated rings. The Kier molecular flexibility index (Phi) is 7.57. The lowest BCUT2D eigenvalue weighted by Crippen LogP contribution is -2.48. The van der Waals surface area contributed by atoms with Gasteiger partial charge in [-0.25, -0.2) is 8.42 Å². The van der Waals surface area contributed by atoms with Gasteiger partial charge in [0.1, 0.15) is 0 Å². The molecule has 0 bridgehead atoms. The van der Waals surface area contributed by atoms with E-state index in [0.717, 1.165) is 0 Å². The molecule has 1 aromatic carbocycles. The maximum atomic E-state index is 12.8. The highest BCUT2D eigenvalue weighted by molar-refractivity contribution is 7.89. The highest BCUT2D eigenvalue weighted by Crippen LogP contribution is 2.22. The molecule has 7 nitrogen and oxygen atoms in total. The van der Waals surface area contributed by atoms with Gasteiger partial charge in [-0.05, 0) is 51.5 Å². The molecule has 1 N–H and O–H groups in total. The van der Waals surface area contributed by atoms with Gasteiger partial charge in [-0.2, -0.15) is 4.31 Å². The molecule has 1 aliphatic rings. The van der Waals surface area contributed by atoms with Gasteiger partial charge in [0.2, 0.25) is 15.9 Å².